The van der Waals surface area contributed by atoms with E-state index in [0.717, 1.165) is 51.1 Å². The molecule has 6 nitrogen and oxygen atoms in total. The highest BCUT2D eigenvalue weighted by Gasteiger charge is 2.28. The van der Waals surface area contributed by atoms with Gasteiger partial charge in [-0.05, 0) is 49.1 Å². The second-order valence-electron chi connectivity index (χ2n) is 9.84. The number of carbonyl (C=O) groups is 1. The highest BCUT2D eigenvalue weighted by atomic mass is 28.3. The van der Waals surface area contributed by atoms with E-state index in [-0.39, 0.29) is 5.91 Å². The van der Waals surface area contributed by atoms with Gasteiger partial charge in [-0.1, -0.05) is 45.3 Å². The molecule has 0 fully saturated rings. The van der Waals surface area contributed by atoms with Crippen LogP contribution in [0.25, 0.3) is 33.3 Å². The van der Waals surface area contributed by atoms with E-state index in [9.17, 15) is 4.79 Å². The summed E-state index contributed by atoms with van der Waals surface area (Å²) >= 11 is 0. The number of H-pyrrole nitrogens is 1. The van der Waals surface area contributed by atoms with E-state index in [2.05, 4.69) is 73.7 Å². The van der Waals surface area contributed by atoms with Gasteiger partial charge in [0, 0.05) is 52.0 Å². The third kappa shape index (κ3) is 4.00. The number of aromatic amines is 1. The van der Waals surface area contributed by atoms with Crippen LogP contribution in [-0.4, -0.2) is 33.7 Å². The fraction of sp³-hybridized carbons (Fsp3) is 0.296. The lowest BCUT2D eigenvalue weighted by Crippen LogP contribution is -2.39. The third-order valence-corrected chi connectivity index (χ3v) is 8.40. The smallest absolute Gasteiger partial charge is 0.247 e. The minimum absolute atomic E-state index is 0.213. The van der Waals surface area contributed by atoms with Crippen molar-refractivity contribution in [2.45, 2.75) is 46.8 Å². The molecule has 7 heteroatoms. The molecule has 1 aromatic carbocycles. The number of fused-ring (bicyclic) bond motifs is 1. The third-order valence-electron chi connectivity index (χ3n) is 6.53. The van der Waals surface area contributed by atoms with Gasteiger partial charge >= 0.3 is 0 Å². The summed E-state index contributed by atoms with van der Waals surface area (Å²) in [6.45, 7) is 16.9. The van der Waals surface area contributed by atoms with E-state index in [1.165, 1.54) is 22.5 Å². The number of rotatable bonds is 6. The average molecular weight is 472 g/mol. The largest absolute Gasteiger partial charge is 0.347 e. The molecule has 0 atom stereocenters. The summed E-state index contributed by atoms with van der Waals surface area (Å²) in [5, 5.41) is 9.85. The minimum Gasteiger partial charge on any atom is -0.347 e. The first-order chi connectivity index (χ1) is 16.1. The number of aryl methyl sites for hydroxylation is 3. The molecule has 1 amide bonds. The number of benzene rings is 1. The summed E-state index contributed by atoms with van der Waals surface area (Å²) in [5.74, 6) is -0.213. The van der Waals surface area contributed by atoms with Gasteiger partial charge in [0.05, 0.1) is 14.3 Å². The van der Waals surface area contributed by atoms with E-state index >= 15 is 0 Å². The quantitative estimate of drug-likeness (QED) is 0.289. The van der Waals surface area contributed by atoms with Gasteiger partial charge in [-0.15, -0.1) is 0 Å². The molecule has 0 aliphatic heterocycles. The molecule has 3 heterocycles. The number of hydrogen-bond acceptors (Lipinski definition) is 3. The maximum Gasteiger partial charge on any atom is 0.247 e. The second-order valence-corrected chi connectivity index (χ2v) is 14.8. The number of pyridine rings is 1. The van der Waals surface area contributed by atoms with Crippen molar-refractivity contribution in [3.05, 3.63) is 60.1 Å². The number of carbonyl (C=O) groups excluding carboxylic acids is 1. The fourth-order valence-electron chi connectivity index (χ4n) is 4.53. The number of amides is 1. The molecule has 2 N–H and O–H groups in total. The summed E-state index contributed by atoms with van der Waals surface area (Å²) < 4.78 is 1.90. The Labute approximate surface area is 202 Å². The van der Waals surface area contributed by atoms with Crippen molar-refractivity contribution in [1.82, 2.24) is 19.7 Å². The van der Waals surface area contributed by atoms with Gasteiger partial charge in [-0.25, -0.2) is 4.98 Å². The number of aromatic nitrogens is 4. The first kappa shape index (κ1) is 23.7. The van der Waals surface area contributed by atoms with E-state index in [1.54, 1.807) is 0 Å². The predicted octanol–water partition coefficient (Wildman–Crippen LogP) is 5.48. The Morgan fingerprint density at radius 1 is 1.21 bits per heavy atom. The van der Waals surface area contributed by atoms with Crippen LogP contribution in [0.2, 0.25) is 19.6 Å². The van der Waals surface area contributed by atoms with E-state index in [4.69, 9.17) is 4.98 Å². The number of anilines is 1. The molecule has 3 aromatic heterocycles. The first-order valence-electron chi connectivity index (χ1n) is 11.6. The van der Waals surface area contributed by atoms with Crippen molar-refractivity contribution in [1.29, 1.82) is 0 Å². The molecule has 0 bridgehead atoms. The monoisotopic (exact) mass is 471 g/mol. The minimum atomic E-state index is -1.77. The van der Waals surface area contributed by atoms with Gasteiger partial charge in [0.15, 0.2) is 0 Å². The van der Waals surface area contributed by atoms with Crippen molar-refractivity contribution >= 4 is 36.0 Å². The molecule has 0 aliphatic carbocycles. The van der Waals surface area contributed by atoms with Crippen LogP contribution >= 0.6 is 0 Å². The molecule has 0 unspecified atom stereocenters. The topological polar surface area (TPSA) is 75.6 Å². The van der Waals surface area contributed by atoms with E-state index in [0.29, 0.717) is 0 Å². The van der Waals surface area contributed by atoms with Crippen molar-refractivity contribution in [3.8, 4) is 22.3 Å². The lowest BCUT2D eigenvalue weighted by molar-refractivity contribution is -0.111. The molecule has 0 aliphatic rings. The van der Waals surface area contributed by atoms with Gasteiger partial charge in [0.1, 0.15) is 5.65 Å². The Morgan fingerprint density at radius 3 is 2.53 bits per heavy atom. The summed E-state index contributed by atoms with van der Waals surface area (Å²) in [6.07, 6.45) is 6.07. The molecule has 0 saturated heterocycles. The highest BCUT2D eigenvalue weighted by molar-refractivity contribution is 6.89. The molecule has 0 radical (unpaired) electrons. The number of nitrogens with one attached hydrogen (secondary N) is 2. The Bertz CT molecular complexity index is 1420. The SMILES string of the molecule is C=CC(=O)Nc1cc(-c2c([Si](C)(C)C)[nH]c3ncc(-c4cnn(C)c4C)c(CC)c23)ccc1C. The van der Waals surface area contributed by atoms with Crippen molar-refractivity contribution < 1.29 is 4.79 Å². The Balaban J connectivity index is 2.07. The molecular formula is C27H33N5OSi. The molecule has 0 spiro atoms. The van der Waals surface area contributed by atoms with Crippen LogP contribution in [0.3, 0.4) is 0 Å². The Kier molecular flexibility index (Phi) is 6.08. The van der Waals surface area contributed by atoms with E-state index in [1.807, 2.05) is 31.0 Å². The standard InChI is InChI=1S/C27H33N5OSi/c1-9-19-21(20-15-29-32(5)17(20)4)14-28-26-25(19)24(27(31-26)34(6,7)8)18-12-11-16(3)22(13-18)30-23(33)10-2/h10-15H,2,9H2,1,3-8H3,(H,28,31)(H,30,33). The summed E-state index contributed by atoms with van der Waals surface area (Å²) in [5.41, 5.74) is 9.58. The summed E-state index contributed by atoms with van der Waals surface area (Å²) in [6, 6.07) is 6.28. The molecule has 176 valence electrons. The molecule has 34 heavy (non-hydrogen) atoms. The average Bonchev–Trinajstić information content (AvgIpc) is 3.35. The maximum atomic E-state index is 12.1. The van der Waals surface area contributed by atoms with Gasteiger partial charge in [-0.2, -0.15) is 5.10 Å². The molecule has 4 rings (SSSR count). The van der Waals surface area contributed by atoms with Crippen molar-refractivity contribution in [2.24, 2.45) is 7.05 Å². The molecule has 0 saturated carbocycles. The number of nitrogens with zero attached hydrogens (tertiary/aromatic N) is 3. The number of hydrogen-bond donors (Lipinski definition) is 2. The molecule has 4 aromatic rings. The second kappa shape index (κ2) is 8.72. The predicted molar refractivity (Wildman–Crippen MR) is 144 cm³/mol. The van der Waals surface area contributed by atoms with Gasteiger partial charge in [0.25, 0.3) is 0 Å². The van der Waals surface area contributed by atoms with Crippen LogP contribution in [-0.2, 0) is 18.3 Å². The zero-order valence-corrected chi connectivity index (χ0v) is 22.1. The van der Waals surface area contributed by atoms with Crippen molar-refractivity contribution in [2.75, 3.05) is 5.32 Å². The van der Waals surface area contributed by atoms with Crippen LogP contribution in [0.1, 0.15) is 23.7 Å². The zero-order chi connectivity index (χ0) is 24.8. The van der Waals surface area contributed by atoms with Gasteiger partial charge in [-0.3, -0.25) is 9.48 Å². The van der Waals surface area contributed by atoms with Crippen LogP contribution in [0.5, 0.6) is 0 Å². The normalized spacial score (nSPS) is 11.7. The van der Waals surface area contributed by atoms with E-state index < -0.39 is 8.07 Å². The van der Waals surface area contributed by atoms with Crippen LogP contribution in [0.4, 0.5) is 5.69 Å². The van der Waals surface area contributed by atoms with Crippen LogP contribution in [0.15, 0.2) is 43.2 Å². The fourth-order valence-corrected chi connectivity index (χ4v) is 6.04. The first-order valence-corrected chi connectivity index (χ1v) is 15.1. The molecular weight excluding hydrogens is 438 g/mol. The lowest BCUT2D eigenvalue weighted by atomic mass is 9.94. The Hall–Kier alpha value is -3.45. The van der Waals surface area contributed by atoms with Gasteiger partial charge < -0.3 is 10.3 Å². The Morgan fingerprint density at radius 2 is 1.94 bits per heavy atom. The maximum absolute atomic E-state index is 12.1. The highest BCUT2D eigenvalue weighted by Crippen LogP contribution is 2.38. The van der Waals surface area contributed by atoms with Crippen LogP contribution < -0.4 is 10.6 Å². The van der Waals surface area contributed by atoms with Gasteiger partial charge in [0.2, 0.25) is 5.91 Å². The van der Waals surface area contributed by atoms with Crippen LogP contribution in [0, 0.1) is 13.8 Å². The summed E-state index contributed by atoms with van der Waals surface area (Å²) in [4.78, 5) is 20.6. The summed E-state index contributed by atoms with van der Waals surface area (Å²) in [7, 11) is 0.197. The van der Waals surface area contributed by atoms with Crippen molar-refractivity contribution in [3.63, 3.8) is 0 Å². The lowest BCUT2D eigenvalue weighted by Gasteiger charge is -2.19. The zero-order valence-electron chi connectivity index (χ0n) is 21.1.